The summed E-state index contributed by atoms with van der Waals surface area (Å²) in [6.07, 6.45) is 0.542. The normalized spacial score (nSPS) is 11.9. The number of aromatic nitrogens is 1. The second-order valence-corrected chi connectivity index (χ2v) is 5.28. The zero-order valence-electron chi connectivity index (χ0n) is 10.2. The number of nitrogens with zero attached hydrogens (tertiary/aromatic N) is 2. The van der Waals surface area contributed by atoms with E-state index in [0.29, 0.717) is 12.1 Å². The first-order valence-corrected chi connectivity index (χ1v) is 6.79. The zero-order chi connectivity index (χ0) is 13.1. The highest BCUT2D eigenvalue weighted by molar-refractivity contribution is 7.18. The summed E-state index contributed by atoms with van der Waals surface area (Å²) in [5.41, 5.74) is 2.55. The van der Waals surface area contributed by atoms with Crippen LogP contribution in [-0.2, 0) is 6.42 Å². The van der Waals surface area contributed by atoms with Crippen molar-refractivity contribution in [3.05, 3.63) is 65.2 Å². The molecule has 2 aromatic carbocycles. The Labute approximate surface area is 114 Å². The molecule has 0 aliphatic heterocycles. The van der Waals surface area contributed by atoms with E-state index in [2.05, 4.69) is 16.2 Å². The molecule has 0 fully saturated rings. The smallest absolute Gasteiger partial charge is 0.0999 e. The highest BCUT2D eigenvalue weighted by Gasteiger charge is 2.09. The molecular weight excluding hydrogens is 256 g/mol. The molecule has 1 heterocycles. The lowest BCUT2D eigenvalue weighted by molar-refractivity contribution is 0.318. The Balaban J connectivity index is 1.91. The van der Waals surface area contributed by atoms with Gasteiger partial charge in [0.2, 0.25) is 0 Å². The van der Waals surface area contributed by atoms with Crippen LogP contribution in [0.4, 0.5) is 0 Å². The van der Waals surface area contributed by atoms with Crippen molar-refractivity contribution in [1.29, 1.82) is 0 Å². The van der Waals surface area contributed by atoms with Crippen LogP contribution in [0.2, 0.25) is 0 Å². The topological polar surface area (TPSA) is 45.5 Å². The molecule has 0 bridgehead atoms. The van der Waals surface area contributed by atoms with Gasteiger partial charge in [0.1, 0.15) is 0 Å². The Morgan fingerprint density at radius 3 is 2.53 bits per heavy atom. The van der Waals surface area contributed by atoms with Crippen LogP contribution in [0.25, 0.3) is 10.2 Å². The van der Waals surface area contributed by atoms with E-state index in [1.54, 1.807) is 11.3 Å². The summed E-state index contributed by atoms with van der Waals surface area (Å²) in [4.78, 5) is 4.55. The monoisotopic (exact) mass is 268 g/mol. The quantitative estimate of drug-likeness (QED) is 0.447. The van der Waals surface area contributed by atoms with Gasteiger partial charge in [-0.1, -0.05) is 47.6 Å². The van der Waals surface area contributed by atoms with Gasteiger partial charge in [-0.3, -0.25) is 0 Å². The summed E-state index contributed by atoms with van der Waals surface area (Å²) >= 11 is 1.63. The van der Waals surface area contributed by atoms with Crippen molar-refractivity contribution in [2.75, 3.05) is 0 Å². The van der Waals surface area contributed by atoms with Crippen LogP contribution in [0.15, 0.2) is 59.8 Å². The van der Waals surface area contributed by atoms with Crippen LogP contribution in [0.5, 0.6) is 0 Å². The molecule has 0 atom stereocenters. The van der Waals surface area contributed by atoms with Gasteiger partial charge in [0.25, 0.3) is 0 Å². The maximum atomic E-state index is 9.18. The van der Waals surface area contributed by atoms with Gasteiger partial charge in [0.15, 0.2) is 0 Å². The number of hydrogen-bond donors (Lipinski definition) is 1. The van der Waals surface area contributed by atoms with E-state index in [-0.39, 0.29) is 0 Å². The lowest BCUT2D eigenvalue weighted by Crippen LogP contribution is -2.04. The zero-order valence-corrected chi connectivity index (χ0v) is 11.0. The molecule has 0 spiro atoms. The minimum Gasteiger partial charge on any atom is -0.411 e. The Bertz CT molecular complexity index is 686. The largest absolute Gasteiger partial charge is 0.411 e. The maximum Gasteiger partial charge on any atom is 0.0999 e. The molecule has 0 aliphatic carbocycles. The molecule has 4 heteroatoms. The number of thiazole rings is 1. The molecule has 0 aliphatic rings. The first kappa shape index (κ1) is 11.9. The molecule has 0 amide bonds. The predicted octanol–water partition coefficient (Wildman–Crippen LogP) is 3.72. The number of hydrogen-bond acceptors (Lipinski definition) is 4. The van der Waals surface area contributed by atoms with E-state index in [1.165, 1.54) is 0 Å². The summed E-state index contributed by atoms with van der Waals surface area (Å²) in [6.45, 7) is 0. The van der Waals surface area contributed by atoms with Gasteiger partial charge in [-0.25, -0.2) is 4.98 Å². The fraction of sp³-hybridized carbons (Fsp3) is 0.0667. The molecule has 1 aromatic heterocycles. The van der Waals surface area contributed by atoms with Crippen molar-refractivity contribution in [1.82, 2.24) is 4.98 Å². The van der Waals surface area contributed by atoms with Crippen LogP contribution in [0.1, 0.15) is 10.6 Å². The van der Waals surface area contributed by atoms with Crippen LogP contribution < -0.4 is 0 Å². The third-order valence-corrected chi connectivity index (χ3v) is 3.92. The molecule has 3 nitrogen and oxygen atoms in total. The van der Waals surface area contributed by atoms with Crippen LogP contribution >= 0.6 is 11.3 Å². The van der Waals surface area contributed by atoms with E-state index >= 15 is 0 Å². The molecule has 0 radical (unpaired) electrons. The SMILES string of the molecule is O/N=C(/Cc1nc2ccccc2s1)c1ccccc1. The van der Waals surface area contributed by atoms with E-state index < -0.39 is 0 Å². The Morgan fingerprint density at radius 1 is 1.05 bits per heavy atom. The number of para-hydroxylation sites is 1. The van der Waals surface area contributed by atoms with Gasteiger partial charge >= 0.3 is 0 Å². The lowest BCUT2D eigenvalue weighted by atomic mass is 10.1. The summed E-state index contributed by atoms with van der Waals surface area (Å²) in [7, 11) is 0. The molecule has 0 unspecified atom stereocenters. The Kier molecular flexibility index (Phi) is 3.25. The summed E-state index contributed by atoms with van der Waals surface area (Å²) in [5.74, 6) is 0. The number of benzene rings is 2. The van der Waals surface area contributed by atoms with Crippen LogP contribution in [-0.4, -0.2) is 15.9 Å². The summed E-state index contributed by atoms with van der Waals surface area (Å²) in [5, 5.41) is 13.5. The molecule has 3 rings (SSSR count). The first-order valence-electron chi connectivity index (χ1n) is 5.97. The van der Waals surface area contributed by atoms with Gasteiger partial charge in [-0.15, -0.1) is 11.3 Å². The van der Waals surface area contributed by atoms with Crippen molar-refractivity contribution in [2.45, 2.75) is 6.42 Å². The van der Waals surface area contributed by atoms with Crippen LogP contribution in [0, 0.1) is 0 Å². The van der Waals surface area contributed by atoms with Crippen LogP contribution in [0.3, 0.4) is 0 Å². The van der Waals surface area contributed by atoms with E-state index in [9.17, 15) is 5.21 Å². The Hall–Kier alpha value is -2.20. The van der Waals surface area contributed by atoms with Gasteiger partial charge in [-0.05, 0) is 17.7 Å². The number of fused-ring (bicyclic) bond motifs is 1. The molecule has 19 heavy (non-hydrogen) atoms. The first-order chi connectivity index (χ1) is 9.36. The minimum atomic E-state index is 0.542. The molecule has 0 saturated heterocycles. The highest BCUT2D eigenvalue weighted by Crippen LogP contribution is 2.22. The van der Waals surface area contributed by atoms with Gasteiger partial charge < -0.3 is 5.21 Å². The third kappa shape index (κ3) is 2.48. The average molecular weight is 268 g/mol. The molecule has 94 valence electrons. The molecule has 3 aromatic rings. The second kappa shape index (κ2) is 5.20. The van der Waals surface area contributed by atoms with Crippen molar-refractivity contribution < 1.29 is 5.21 Å². The number of rotatable bonds is 3. The van der Waals surface area contributed by atoms with Gasteiger partial charge in [0, 0.05) is 6.42 Å². The fourth-order valence-electron chi connectivity index (χ4n) is 1.96. The molecular formula is C15H12N2OS. The van der Waals surface area contributed by atoms with E-state index in [1.807, 2.05) is 48.5 Å². The standard InChI is InChI=1S/C15H12N2OS/c18-17-13(11-6-2-1-3-7-11)10-15-16-12-8-4-5-9-14(12)19-15/h1-9,18H,10H2/b17-13-. The maximum absolute atomic E-state index is 9.18. The fourth-order valence-corrected chi connectivity index (χ4v) is 2.94. The molecule has 1 N–H and O–H groups in total. The van der Waals surface area contributed by atoms with Crippen molar-refractivity contribution in [2.24, 2.45) is 5.16 Å². The summed E-state index contributed by atoms with van der Waals surface area (Å²) < 4.78 is 1.16. The predicted molar refractivity (Wildman–Crippen MR) is 78.1 cm³/mol. The third-order valence-electron chi connectivity index (χ3n) is 2.88. The van der Waals surface area contributed by atoms with E-state index in [0.717, 1.165) is 20.8 Å². The lowest BCUT2D eigenvalue weighted by Gasteiger charge is -2.01. The van der Waals surface area contributed by atoms with Crippen molar-refractivity contribution in [3.63, 3.8) is 0 Å². The highest BCUT2D eigenvalue weighted by atomic mass is 32.1. The van der Waals surface area contributed by atoms with Crippen molar-refractivity contribution in [3.8, 4) is 0 Å². The summed E-state index contributed by atoms with van der Waals surface area (Å²) in [6, 6.07) is 17.7. The van der Waals surface area contributed by atoms with Crippen molar-refractivity contribution >= 4 is 27.3 Å². The van der Waals surface area contributed by atoms with E-state index in [4.69, 9.17) is 0 Å². The van der Waals surface area contributed by atoms with Gasteiger partial charge in [-0.2, -0.15) is 0 Å². The number of oxime groups is 1. The minimum absolute atomic E-state index is 0.542. The molecule has 0 saturated carbocycles. The Morgan fingerprint density at radius 2 is 1.79 bits per heavy atom. The average Bonchev–Trinajstić information content (AvgIpc) is 2.88. The van der Waals surface area contributed by atoms with Gasteiger partial charge in [0.05, 0.1) is 20.9 Å². The second-order valence-electron chi connectivity index (χ2n) is 4.16.